The fourth-order valence-electron chi connectivity index (χ4n) is 1.94. The molecular formula is C16H17NO4S. The topological polar surface area (TPSA) is 72.5 Å². The van der Waals surface area contributed by atoms with Crippen LogP contribution < -0.4 is 10.1 Å². The first kappa shape index (κ1) is 16.0. The Bertz CT molecular complexity index is 784. The molecule has 0 saturated heterocycles. The summed E-state index contributed by atoms with van der Waals surface area (Å²) >= 11 is 0. The average Bonchev–Trinajstić information content (AvgIpc) is 2.46. The maximum Gasteiger partial charge on any atom is 0.262 e. The Labute approximate surface area is 129 Å². The molecule has 22 heavy (non-hydrogen) atoms. The van der Waals surface area contributed by atoms with Crippen LogP contribution in [0.3, 0.4) is 0 Å². The van der Waals surface area contributed by atoms with Crippen molar-refractivity contribution in [2.24, 2.45) is 0 Å². The lowest BCUT2D eigenvalue weighted by atomic mass is 10.2. The van der Waals surface area contributed by atoms with Crippen LogP contribution in [-0.4, -0.2) is 27.2 Å². The van der Waals surface area contributed by atoms with E-state index in [4.69, 9.17) is 4.74 Å². The molecule has 2 aromatic carbocycles. The second-order valence-corrected chi connectivity index (χ2v) is 6.85. The Balaban J connectivity index is 2.06. The molecule has 0 heterocycles. The average molecular weight is 319 g/mol. The van der Waals surface area contributed by atoms with Crippen molar-refractivity contribution in [3.8, 4) is 5.75 Å². The van der Waals surface area contributed by atoms with E-state index in [1.165, 1.54) is 6.07 Å². The van der Waals surface area contributed by atoms with Gasteiger partial charge in [-0.2, -0.15) is 0 Å². The molecular weight excluding hydrogens is 302 g/mol. The number of rotatable bonds is 5. The molecule has 0 atom stereocenters. The summed E-state index contributed by atoms with van der Waals surface area (Å²) < 4.78 is 28.8. The van der Waals surface area contributed by atoms with E-state index in [0.717, 1.165) is 11.8 Å². The van der Waals surface area contributed by atoms with Crippen molar-refractivity contribution in [2.75, 3.05) is 18.2 Å². The minimum absolute atomic E-state index is 0.0826. The van der Waals surface area contributed by atoms with Crippen LogP contribution in [0.25, 0.3) is 0 Å². The molecule has 0 aliphatic carbocycles. The van der Waals surface area contributed by atoms with Crippen molar-refractivity contribution in [1.82, 2.24) is 0 Å². The first-order valence-electron chi connectivity index (χ1n) is 6.65. The van der Waals surface area contributed by atoms with E-state index in [0.29, 0.717) is 5.75 Å². The lowest BCUT2D eigenvalue weighted by molar-refractivity contribution is -0.118. The van der Waals surface area contributed by atoms with Gasteiger partial charge in [0.1, 0.15) is 5.75 Å². The van der Waals surface area contributed by atoms with Crippen molar-refractivity contribution in [3.05, 3.63) is 54.1 Å². The highest BCUT2D eigenvalue weighted by Crippen LogP contribution is 2.21. The zero-order valence-corrected chi connectivity index (χ0v) is 13.2. The molecule has 0 aromatic heterocycles. The van der Waals surface area contributed by atoms with E-state index in [9.17, 15) is 13.2 Å². The van der Waals surface area contributed by atoms with Crippen molar-refractivity contribution in [3.63, 3.8) is 0 Å². The minimum atomic E-state index is -3.41. The number of aryl methyl sites for hydroxylation is 1. The van der Waals surface area contributed by atoms with E-state index in [2.05, 4.69) is 5.32 Å². The van der Waals surface area contributed by atoms with E-state index in [-0.39, 0.29) is 17.2 Å². The highest BCUT2D eigenvalue weighted by atomic mass is 32.2. The third kappa shape index (κ3) is 4.08. The van der Waals surface area contributed by atoms with Crippen LogP contribution in [0.1, 0.15) is 5.56 Å². The number of anilines is 1. The van der Waals surface area contributed by atoms with Crippen LogP contribution in [0.4, 0.5) is 5.69 Å². The standard InChI is InChI=1S/C16H17NO4S/c1-12-7-3-5-9-14(12)21-11-16(18)17-13-8-4-6-10-15(13)22(2,19)20/h3-10H,11H2,1-2H3,(H,17,18). The molecule has 1 N–H and O–H groups in total. The summed E-state index contributed by atoms with van der Waals surface area (Å²) in [5.41, 5.74) is 1.18. The van der Waals surface area contributed by atoms with Gasteiger partial charge in [0.15, 0.2) is 16.4 Å². The monoisotopic (exact) mass is 319 g/mol. The molecule has 0 aliphatic rings. The second kappa shape index (κ2) is 6.62. The minimum Gasteiger partial charge on any atom is -0.483 e. The molecule has 116 valence electrons. The Morgan fingerprint density at radius 1 is 1.09 bits per heavy atom. The van der Waals surface area contributed by atoms with Gasteiger partial charge in [-0.05, 0) is 30.7 Å². The Hall–Kier alpha value is -2.34. The normalized spacial score (nSPS) is 11.0. The lowest BCUT2D eigenvalue weighted by Crippen LogP contribution is -2.21. The molecule has 1 amide bonds. The molecule has 0 spiro atoms. The predicted molar refractivity (Wildman–Crippen MR) is 84.9 cm³/mol. The predicted octanol–water partition coefficient (Wildman–Crippen LogP) is 2.42. The zero-order chi connectivity index (χ0) is 16.2. The Morgan fingerprint density at radius 2 is 1.73 bits per heavy atom. The molecule has 2 rings (SSSR count). The van der Waals surface area contributed by atoms with Gasteiger partial charge >= 0.3 is 0 Å². The van der Waals surface area contributed by atoms with Gasteiger partial charge in [0.25, 0.3) is 5.91 Å². The third-order valence-corrected chi connectivity index (χ3v) is 4.17. The molecule has 5 nitrogen and oxygen atoms in total. The summed E-state index contributed by atoms with van der Waals surface area (Å²) in [5.74, 6) is 0.202. The highest BCUT2D eigenvalue weighted by Gasteiger charge is 2.14. The summed E-state index contributed by atoms with van der Waals surface area (Å²) in [5, 5.41) is 2.56. The maximum absolute atomic E-state index is 11.9. The summed E-state index contributed by atoms with van der Waals surface area (Å²) in [6.07, 6.45) is 1.10. The van der Waals surface area contributed by atoms with Crippen LogP contribution in [0.2, 0.25) is 0 Å². The fourth-order valence-corrected chi connectivity index (χ4v) is 2.79. The number of carbonyl (C=O) groups excluding carboxylic acids is 1. The summed E-state index contributed by atoms with van der Waals surface area (Å²) in [6, 6.07) is 13.6. The second-order valence-electron chi connectivity index (χ2n) is 4.87. The van der Waals surface area contributed by atoms with Crippen LogP contribution >= 0.6 is 0 Å². The van der Waals surface area contributed by atoms with Gasteiger partial charge in [0.05, 0.1) is 10.6 Å². The molecule has 0 saturated carbocycles. The van der Waals surface area contributed by atoms with E-state index in [1.807, 2.05) is 25.1 Å². The lowest BCUT2D eigenvalue weighted by Gasteiger charge is -2.11. The van der Waals surface area contributed by atoms with Crippen LogP contribution in [0.5, 0.6) is 5.75 Å². The van der Waals surface area contributed by atoms with Gasteiger partial charge < -0.3 is 10.1 Å². The number of hydrogen-bond donors (Lipinski definition) is 1. The molecule has 2 aromatic rings. The highest BCUT2D eigenvalue weighted by molar-refractivity contribution is 7.90. The number of amides is 1. The fraction of sp³-hybridized carbons (Fsp3) is 0.188. The number of nitrogens with one attached hydrogen (secondary N) is 1. The quantitative estimate of drug-likeness (QED) is 0.918. The SMILES string of the molecule is Cc1ccccc1OCC(=O)Nc1ccccc1S(C)(=O)=O. The van der Waals surface area contributed by atoms with Crippen LogP contribution in [0.15, 0.2) is 53.4 Å². The smallest absolute Gasteiger partial charge is 0.262 e. The largest absolute Gasteiger partial charge is 0.483 e. The Kier molecular flexibility index (Phi) is 4.82. The number of carbonyl (C=O) groups is 1. The van der Waals surface area contributed by atoms with E-state index < -0.39 is 15.7 Å². The number of benzene rings is 2. The van der Waals surface area contributed by atoms with Crippen LogP contribution in [0, 0.1) is 6.92 Å². The third-order valence-electron chi connectivity index (χ3n) is 3.01. The van der Waals surface area contributed by atoms with Crippen molar-refractivity contribution in [1.29, 1.82) is 0 Å². The van der Waals surface area contributed by atoms with Gasteiger partial charge in [-0.25, -0.2) is 8.42 Å². The van der Waals surface area contributed by atoms with Gasteiger partial charge in [0.2, 0.25) is 0 Å². The van der Waals surface area contributed by atoms with Gasteiger partial charge in [0, 0.05) is 6.26 Å². The number of sulfone groups is 1. The maximum atomic E-state index is 11.9. The molecule has 0 radical (unpaired) electrons. The van der Waals surface area contributed by atoms with E-state index in [1.54, 1.807) is 24.3 Å². The van der Waals surface area contributed by atoms with E-state index >= 15 is 0 Å². The summed E-state index contributed by atoms with van der Waals surface area (Å²) in [4.78, 5) is 12.0. The van der Waals surface area contributed by atoms with Crippen LogP contribution in [-0.2, 0) is 14.6 Å². The number of para-hydroxylation sites is 2. The van der Waals surface area contributed by atoms with Gasteiger partial charge in [-0.15, -0.1) is 0 Å². The molecule has 0 bridgehead atoms. The van der Waals surface area contributed by atoms with Crippen molar-refractivity contribution >= 4 is 21.4 Å². The van der Waals surface area contributed by atoms with Crippen molar-refractivity contribution < 1.29 is 17.9 Å². The molecule has 0 aliphatic heterocycles. The molecule has 0 unspecified atom stereocenters. The first-order valence-corrected chi connectivity index (χ1v) is 8.54. The van der Waals surface area contributed by atoms with Gasteiger partial charge in [-0.3, -0.25) is 4.79 Å². The summed E-state index contributed by atoms with van der Waals surface area (Å²) in [7, 11) is -3.41. The summed E-state index contributed by atoms with van der Waals surface area (Å²) in [6.45, 7) is 1.69. The van der Waals surface area contributed by atoms with Crippen molar-refractivity contribution in [2.45, 2.75) is 11.8 Å². The van der Waals surface area contributed by atoms with Gasteiger partial charge in [-0.1, -0.05) is 30.3 Å². The number of hydrogen-bond acceptors (Lipinski definition) is 4. The number of ether oxygens (including phenoxy) is 1. The zero-order valence-electron chi connectivity index (χ0n) is 12.4. The molecule has 0 fully saturated rings. The first-order chi connectivity index (χ1) is 10.4. The molecule has 6 heteroatoms. The Morgan fingerprint density at radius 3 is 2.41 bits per heavy atom.